The number of methoxy groups -OCH3 is 1. The minimum Gasteiger partial charge on any atom is -0.467 e. The zero-order chi connectivity index (χ0) is 25.2. The van der Waals surface area contributed by atoms with E-state index in [2.05, 4.69) is 15.4 Å². The van der Waals surface area contributed by atoms with E-state index >= 15 is 0 Å². The Morgan fingerprint density at radius 3 is 2.15 bits per heavy atom. The number of aliphatic hydroxyl groups is 1. The van der Waals surface area contributed by atoms with Crippen LogP contribution in [0, 0.1) is 5.41 Å². The summed E-state index contributed by atoms with van der Waals surface area (Å²) in [5.41, 5.74) is -0.269. The van der Waals surface area contributed by atoms with Crippen LogP contribution in [-0.4, -0.2) is 86.9 Å². The molecule has 0 aromatic rings. The summed E-state index contributed by atoms with van der Waals surface area (Å²) in [6, 6.07) is -1.17. The van der Waals surface area contributed by atoms with Crippen molar-refractivity contribution in [3.8, 4) is 0 Å². The molecule has 1 unspecified atom stereocenters. The van der Waals surface area contributed by atoms with Crippen LogP contribution in [0.4, 0.5) is 9.59 Å². The maximum absolute atomic E-state index is 12.1. The maximum Gasteiger partial charge on any atom is 0.407 e. The Hall–Kier alpha value is -1.86. The summed E-state index contributed by atoms with van der Waals surface area (Å²) in [6.07, 6.45) is 3.92. The fraction of sp³-hybridized carbons (Fsp3) is 0.810. The van der Waals surface area contributed by atoms with E-state index in [4.69, 9.17) is 19.3 Å². The quantitative estimate of drug-likeness (QED) is 0.125. The molecule has 1 saturated carbocycles. The van der Waals surface area contributed by atoms with Gasteiger partial charge in [0, 0.05) is 18.1 Å². The van der Waals surface area contributed by atoms with Gasteiger partial charge >= 0.3 is 24.1 Å². The summed E-state index contributed by atoms with van der Waals surface area (Å²) in [4.78, 5) is 46.9. The Morgan fingerprint density at radius 2 is 1.59 bits per heavy atom. The van der Waals surface area contributed by atoms with Gasteiger partial charge in [-0.2, -0.15) is 0 Å². The SMILES string of the molecule is CCOC(=O)CC1(CNC(=O)OCCSSCCOC(=O)NC(CO)C(=O)OC)CCCCC1. The van der Waals surface area contributed by atoms with E-state index in [1.54, 1.807) is 6.92 Å². The second kappa shape index (κ2) is 17.6. The van der Waals surface area contributed by atoms with Gasteiger partial charge in [0.05, 0.1) is 26.7 Å². The molecule has 1 aliphatic carbocycles. The van der Waals surface area contributed by atoms with Gasteiger partial charge in [-0.1, -0.05) is 40.9 Å². The molecule has 2 amide bonds. The lowest BCUT2D eigenvalue weighted by Gasteiger charge is -2.36. The van der Waals surface area contributed by atoms with Crippen LogP contribution in [0.15, 0.2) is 0 Å². The maximum atomic E-state index is 12.1. The molecule has 196 valence electrons. The third-order valence-corrected chi connectivity index (χ3v) is 7.52. The van der Waals surface area contributed by atoms with E-state index in [0.29, 0.717) is 31.1 Å². The van der Waals surface area contributed by atoms with Crippen LogP contribution >= 0.6 is 21.6 Å². The van der Waals surface area contributed by atoms with Gasteiger partial charge in [-0.05, 0) is 25.2 Å². The number of carbonyl (C=O) groups is 4. The number of carbonyl (C=O) groups excluding carboxylic acids is 4. The first kappa shape index (κ1) is 30.2. The van der Waals surface area contributed by atoms with Crippen molar-refractivity contribution in [1.82, 2.24) is 10.6 Å². The standard InChI is InChI=1S/C21H36N2O9S2/c1-3-30-17(25)13-21(7-5-4-6-8-21)15-22-19(27)31-9-11-33-34-12-10-32-20(28)23-16(14-24)18(26)29-2/h16,24H,3-15H2,1-2H3,(H,22,27)(H,23,28). The topological polar surface area (TPSA) is 149 Å². The Balaban J connectivity index is 2.14. The van der Waals surface area contributed by atoms with Crippen molar-refractivity contribution in [2.45, 2.75) is 51.5 Å². The zero-order valence-electron chi connectivity index (χ0n) is 19.8. The number of hydrogen-bond donors (Lipinski definition) is 3. The van der Waals surface area contributed by atoms with Crippen molar-refractivity contribution in [2.75, 3.05) is 51.6 Å². The first-order valence-corrected chi connectivity index (χ1v) is 13.8. The van der Waals surface area contributed by atoms with Crippen molar-refractivity contribution in [1.29, 1.82) is 0 Å². The molecule has 11 nitrogen and oxygen atoms in total. The predicted molar refractivity (Wildman–Crippen MR) is 128 cm³/mol. The van der Waals surface area contributed by atoms with Gasteiger partial charge in [0.25, 0.3) is 0 Å². The molecule has 0 aromatic heterocycles. The largest absolute Gasteiger partial charge is 0.467 e. The number of aliphatic hydroxyl groups excluding tert-OH is 1. The highest BCUT2D eigenvalue weighted by atomic mass is 33.1. The third kappa shape index (κ3) is 12.6. The number of esters is 2. The molecule has 13 heteroatoms. The molecule has 0 aromatic carbocycles. The fourth-order valence-electron chi connectivity index (χ4n) is 3.51. The number of rotatable bonds is 15. The summed E-state index contributed by atoms with van der Waals surface area (Å²) in [5.74, 6) is 0.0445. The molecule has 1 rings (SSSR count). The summed E-state index contributed by atoms with van der Waals surface area (Å²) in [5, 5.41) is 14.0. The van der Waals surface area contributed by atoms with Gasteiger partial charge in [-0.3, -0.25) is 4.79 Å². The summed E-state index contributed by atoms with van der Waals surface area (Å²) < 4.78 is 19.7. The molecule has 1 fully saturated rings. The van der Waals surface area contributed by atoms with Gasteiger partial charge in [-0.15, -0.1) is 0 Å². The van der Waals surface area contributed by atoms with Crippen LogP contribution in [0.5, 0.6) is 0 Å². The van der Waals surface area contributed by atoms with E-state index in [-0.39, 0.29) is 24.6 Å². The van der Waals surface area contributed by atoms with Gasteiger partial charge in [-0.25, -0.2) is 14.4 Å². The summed E-state index contributed by atoms with van der Waals surface area (Å²) in [7, 11) is 4.05. The fourth-order valence-corrected chi connectivity index (χ4v) is 5.16. The van der Waals surface area contributed by atoms with Crippen molar-refractivity contribution in [3.63, 3.8) is 0 Å². The average Bonchev–Trinajstić information content (AvgIpc) is 2.83. The van der Waals surface area contributed by atoms with E-state index < -0.39 is 30.8 Å². The molecule has 34 heavy (non-hydrogen) atoms. The van der Waals surface area contributed by atoms with Gasteiger partial charge in [0.1, 0.15) is 13.2 Å². The van der Waals surface area contributed by atoms with Crippen LogP contribution < -0.4 is 10.6 Å². The number of amides is 2. The van der Waals surface area contributed by atoms with E-state index in [0.717, 1.165) is 39.2 Å². The smallest absolute Gasteiger partial charge is 0.407 e. The van der Waals surface area contributed by atoms with Crippen molar-refractivity contribution >= 4 is 45.7 Å². The molecule has 0 spiro atoms. The third-order valence-electron chi connectivity index (χ3n) is 5.19. The van der Waals surface area contributed by atoms with Crippen molar-refractivity contribution in [2.24, 2.45) is 5.41 Å². The lowest BCUT2D eigenvalue weighted by molar-refractivity contribution is -0.146. The second-order valence-electron chi connectivity index (χ2n) is 7.71. The normalized spacial score (nSPS) is 15.5. The van der Waals surface area contributed by atoms with Crippen molar-refractivity contribution < 1.29 is 43.2 Å². The van der Waals surface area contributed by atoms with Crippen molar-refractivity contribution in [3.05, 3.63) is 0 Å². The predicted octanol–water partition coefficient (Wildman–Crippen LogP) is 2.26. The van der Waals surface area contributed by atoms with Crippen LogP contribution in [0.2, 0.25) is 0 Å². The monoisotopic (exact) mass is 524 g/mol. The molecule has 0 radical (unpaired) electrons. The minimum absolute atomic E-state index is 0.104. The molecule has 1 aliphatic rings. The van der Waals surface area contributed by atoms with Crippen LogP contribution in [0.1, 0.15) is 45.4 Å². The second-order valence-corrected chi connectivity index (χ2v) is 10.4. The molecule has 0 bridgehead atoms. The van der Waals surface area contributed by atoms with Crippen LogP contribution in [0.3, 0.4) is 0 Å². The molecule has 0 heterocycles. The highest BCUT2D eigenvalue weighted by molar-refractivity contribution is 8.76. The molecule has 0 aliphatic heterocycles. The molecular weight excluding hydrogens is 488 g/mol. The highest BCUT2D eigenvalue weighted by Crippen LogP contribution is 2.39. The first-order chi connectivity index (χ1) is 16.4. The Bertz CT molecular complexity index is 646. The Kier molecular flexibility index (Phi) is 15.6. The zero-order valence-corrected chi connectivity index (χ0v) is 21.4. The molecule has 1 atom stereocenters. The molecule has 3 N–H and O–H groups in total. The average molecular weight is 525 g/mol. The Labute approximate surface area is 208 Å². The molecular formula is C21H36N2O9S2. The van der Waals surface area contributed by atoms with Crippen LogP contribution in [0.25, 0.3) is 0 Å². The van der Waals surface area contributed by atoms with E-state index in [1.165, 1.54) is 21.6 Å². The lowest BCUT2D eigenvalue weighted by Crippen LogP contribution is -2.44. The van der Waals surface area contributed by atoms with Gasteiger partial charge < -0.3 is 34.7 Å². The number of ether oxygens (including phenoxy) is 4. The number of alkyl carbamates (subject to hydrolysis) is 2. The number of hydrogen-bond acceptors (Lipinski definition) is 11. The van der Waals surface area contributed by atoms with Crippen LogP contribution in [-0.2, 0) is 28.5 Å². The highest BCUT2D eigenvalue weighted by Gasteiger charge is 2.35. The Morgan fingerprint density at radius 1 is 0.971 bits per heavy atom. The minimum atomic E-state index is -1.17. The van der Waals surface area contributed by atoms with E-state index in [9.17, 15) is 19.2 Å². The molecule has 0 saturated heterocycles. The number of nitrogens with one attached hydrogen (secondary N) is 2. The van der Waals surface area contributed by atoms with Gasteiger partial charge in [0.15, 0.2) is 6.04 Å². The first-order valence-electron chi connectivity index (χ1n) is 11.3. The van der Waals surface area contributed by atoms with E-state index in [1.807, 2.05) is 0 Å². The summed E-state index contributed by atoms with van der Waals surface area (Å²) in [6.45, 7) is 2.24. The van der Waals surface area contributed by atoms with Gasteiger partial charge in [0.2, 0.25) is 0 Å². The summed E-state index contributed by atoms with van der Waals surface area (Å²) >= 11 is 0. The lowest BCUT2D eigenvalue weighted by atomic mass is 9.72.